The van der Waals surface area contributed by atoms with Gasteiger partial charge in [-0.15, -0.1) is 0 Å². The first-order valence-corrected chi connectivity index (χ1v) is 6.04. The quantitative estimate of drug-likeness (QED) is 0.835. The average Bonchev–Trinajstić information content (AvgIpc) is 2.24. The number of hydrogen-bond acceptors (Lipinski definition) is 2. The van der Waals surface area contributed by atoms with Crippen LogP contribution in [0.1, 0.15) is 17.3 Å². The minimum absolute atomic E-state index is 0.0869. The molecule has 2 rings (SSSR count). The standard InChI is InChI=1S/C12H14BrNO2/c1-8-6-14(7-8)12(15)9-3-4-10(13)11(5-9)16-2/h3-5,8H,6-7H2,1-2H3. The van der Waals surface area contributed by atoms with Gasteiger partial charge in [-0.3, -0.25) is 4.79 Å². The van der Waals surface area contributed by atoms with Crippen LogP contribution in [0.2, 0.25) is 0 Å². The van der Waals surface area contributed by atoms with Crippen LogP contribution in [0.25, 0.3) is 0 Å². The summed E-state index contributed by atoms with van der Waals surface area (Å²) >= 11 is 3.37. The van der Waals surface area contributed by atoms with E-state index >= 15 is 0 Å². The Balaban J connectivity index is 2.17. The molecule has 86 valence electrons. The fraction of sp³-hybridized carbons (Fsp3) is 0.417. The lowest BCUT2D eigenvalue weighted by molar-refractivity contribution is 0.0530. The van der Waals surface area contributed by atoms with Crippen LogP contribution < -0.4 is 4.74 Å². The number of methoxy groups -OCH3 is 1. The fourth-order valence-electron chi connectivity index (χ4n) is 1.84. The van der Waals surface area contributed by atoms with Crippen LogP contribution >= 0.6 is 15.9 Å². The molecule has 0 spiro atoms. The van der Waals surface area contributed by atoms with Gasteiger partial charge >= 0.3 is 0 Å². The predicted molar refractivity (Wildman–Crippen MR) is 65.8 cm³/mol. The summed E-state index contributed by atoms with van der Waals surface area (Å²) in [6, 6.07) is 5.43. The van der Waals surface area contributed by atoms with Crippen molar-refractivity contribution in [2.45, 2.75) is 6.92 Å². The maximum atomic E-state index is 12.0. The Morgan fingerprint density at radius 1 is 1.50 bits per heavy atom. The molecule has 0 aliphatic carbocycles. The van der Waals surface area contributed by atoms with Crippen LogP contribution in [0.3, 0.4) is 0 Å². The van der Waals surface area contributed by atoms with Crippen molar-refractivity contribution in [2.24, 2.45) is 5.92 Å². The smallest absolute Gasteiger partial charge is 0.254 e. The van der Waals surface area contributed by atoms with E-state index in [1.165, 1.54) is 0 Å². The first-order valence-electron chi connectivity index (χ1n) is 5.24. The van der Waals surface area contributed by atoms with Gasteiger partial charge < -0.3 is 9.64 Å². The normalized spacial score (nSPS) is 15.8. The van der Waals surface area contributed by atoms with Gasteiger partial charge in [0.1, 0.15) is 5.75 Å². The number of hydrogen-bond donors (Lipinski definition) is 0. The van der Waals surface area contributed by atoms with Crippen molar-refractivity contribution >= 4 is 21.8 Å². The molecule has 1 saturated heterocycles. The summed E-state index contributed by atoms with van der Waals surface area (Å²) in [4.78, 5) is 13.9. The van der Waals surface area contributed by atoms with E-state index < -0.39 is 0 Å². The Hall–Kier alpha value is -1.03. The number of rotatable bonds is 2. The Morgan fingerprint density at radius 2 is 2.19 bits per heavy atom. The fourth-order valence-corrected chi connectivity index (χ4v) is 2.25. The van der Waals surface area contributed by atoms with Crippen molar-refractivity contribution in [1.29, 1.82) is 0 Å². The Labute approximate surface area is 104 Å². The van der Waals surface area contributed by atoms with Crippen molar-refractivity contribution in [2.75, 3.05) is 20.2 Å². The lowest BCUT2D eigenvalue weighted by Crippen LogP contribution is -2.48. The van der Waals surface area contributed by atoms with Crippen molar-refractivity contribution in [1.82, 2.24) is 4.90 Å². The van der Waals surface area contributed by atoms with E-state index in [9.17, 15) is 4.79 Å². The van der Waals surface area contributed by atoms with E-state index in [4.69, 9.17) is 4.74 Å². The lowest BCUT2D eigenvalue weighted by atomic mass is 10.0. The largest absolute Gasteiger partial charge is 0.496 e. The van der Waals surface area contributed by atoms with E-state index in [2.05, 4.69) is 22.9 Å². The molecule has 0 atom stereocenters. The number of halogens is 1. The minimum atomic E-state index is 0.0869. The van der Waals surface area contributed by atoms with E-state index in [0.29, 0.717) is 17.2 Å². The molecule has 3 nitrogen and oxygen atoms in total. The van der Waals surface area contributed by atoms with Crippen LogP contribution in [0.15, 0.2) is 22.7 Å². The predicted octanol–water partition coefficient (Wildman–Crippen LogP) is 2.55. The van der Waals surface area contributed by atoms with Crippen molar-refractivity contribution in [3.8, 4) is 5.75 Å². The molecule has 1 heterocycles. The molecular weight excluding hydrogens is 270 g/mol. The Kier molecular flexibility index (Phi) is 3.19. The maximum absolute atomic E-state index is 12.0. The summed E-state index contributed by atoms with van der Waals surface area (Å²) in [6.07, 6.45) is 0. The van der Waals surface area contributed by atoms with Gasteiger partial charge in [-0.1, -0.05) is 6.92 Å². The first kappa shape index (κ1) is 11.5. The lowest BCUT2D eigenvalue weighted by Gasteiger charge is -2.37. The molecule has 0 aromatic heterocycles. The molecule has 0 saturated carbocycles. The van der Waals surface area contributed by atoms with Gasteiger partial charge in [-0.05, 0) is 40.0 Å². The summed E-state index contributed by atoms with van der Waals surface area (Å²) in [6.45, 7) is 3.86. The van der Waals surface area contributed by atoms with Gasteiger partial charge in [0.25, 0.3) is 5.91 Å². The number of ether oxygens (including phenoxy) is 1. The highest BCUT2D eigenvalue weighted by atomic mass is 79.9. The SMILES string of the molecule is COc1cc(C(=O)N2CC(C)C2)ccc1Br. The number of amides is 1. The van der Waals surface area contributed by atoms with Gasteiger partial charge in [-0.25, -0.2) is 0 Å². The minimum Gasteiger partial charge on any atom is -0.496 e. The van der Waals surface area contributed by atoms with E-state index in [1.54, 1.807) is 13.2 Å². The zero-order valence-corrected chi connectivity index (χ0v) is 11.0. The summed E-state index contributed by atoms with van der Waals surface area (Å²) in [5.41, 5.74) is 0.687. The highest BCUT2D eigenvalue weighted by Gasteiger charge is 2.28. The summed E-state index contributed by atoms with van der Waals surface area (Å²) in [7, 11) is 1.60. The van der Waals surface area contributed by atoms with Gasteiger partial charge in [0, 0.05) is 18.7 Å². The van der Waals surface area contributed by atoms with Crippen molar-refractivity contribution in [3.05, 3.63) is 28.2 Å². The zero-order chi connectivity index (χ0) is 11.7. The molecule has 1 aromatic rings. The molecule has 1 aliphatic heterocycles. The Morgan fingerprint density at radius 3 is 2.75 bits per heavy atom. The molecule has 0 N–H and O–H groups in total. The summed E-state index contributed by atoms with van der Waals surface area (Å²) in [5, 5.41) is 0. The van der Waals surface area contributed by atoms with Gasteiger partial charge in [0.2, 0.25) is 0 Å². The van der Waals surface area contributed by atoms with Crippen LogP contribution in [0.4, 0.5) is 0 Å². The van der Waals surface area contributed by atoms with E-state index in [0.717, 1.165) is 17.6 Å². The third-order valence-electron chi connectivity index (χ3n) is 2.75. The van der Waals surface area contributed by atoms with Crippen LogP contribution in [0.5, 0.6) is 5.75 Å². The van der Waals surface area contributed by atoms with Crippen LogP contribution in [-0.4, -0.2) is 31.0 Å². The molecule has 1 aromatic carbocycles. The van der Waals surface area contributed by atoms with Crippen molar-refractivity contribution in [3.63, 3.8) is 0 Å². The molecule has 0 radical (unpaired) electrons. The molecular formula is C12H14BrNO2. The average molecular weight is 284 g/mol. The molecule has 0 unspecified atom stereocenters. The molecule has 16 heavy (non-hydrogen) atoms. The van der Waals surface area contributed by atoms with Gasteiger partial charge in [0.15, 0.2) is 0 Å². The second-order valence-electron chi connectivity index (χ2n) is 4.16. The molecule has 1 aliphatic rings. The Bertz CT molecular complexity index is 413. The molecule has 4 heteroatoms. The number of benzene rings is 1. The molecule has 1 amide bonds. The van der Waals surface area contributed by atoms with Crippen LogP contribution in [-0.2, 0) is 0 Å². The van der Waals surface area contributed by atoms with E-state index in [-0.39, 0.29) is 5.91 Å². The van der Waals surface area contributed by atoms with Gasteiger partial charge in [0.05, 0.1) is 11.6 Å². The van der Waals surface area contributed by atoms with Gasteiger partial charge in [-0.2, -0.15) is 0 Å². The number of carbonyl (C=O) groups is 1. The number of carbonyl (C=O) groups excluding carboxylic acids is 1. The van der Waals surface area contributed by atoms with Crippen molar-refractivity contribution < 1.29 is 9.53 Å². The second-order valence-corrected chi connectivity index (χ2v) is 5.02. The van der Waals surface area contributed by atoms with E-state index in [1.807, 2.05) is 17.0 Å². The molecule has 1 fully saturated rings. The monoisotopic (exact) mass is 283 g/mol. The third-order valence-corrected chi connectivity index (χ3v) is 3.40. The first-order chi connectivity index (χ1) is 7.61. The zero-order valence-electron chi connectivity index (χ0n) is 9.37. The summed E-state index contributed by atoms with van der Waals surface area (Å²) < 4.78 is 6.04. The number of likely N-dealkylation sites (tertiary alicyclic amines) is 1. The highest BCUT2D eigenvalue weighted by Crippen LogP contribution is 2.27. The molecule has 0 bridgehead atoms. The summed E-state index contributed by atoms with van der Waals surface area (Å²) in [5.74, 6) is 1.41. The maximum Gasteiger partial charge on any atom is 0.254 e. The second kappa shape index (κ2) is 4.45. The van der Waals surface area contributed by atoms with Crippen LogP contribution in [0, 0.1) is 5.92 Å². The highest BCUT2D eigenvalue weighted by molar-refractivity contribution is 9.10. The topological polar surface area (TPSA) is 29.5 Å². The third kappa shape index (κ3) is 2.07. The number of nitrogens with zero attached hydrogens (tertiary/aromatic N) is 1.